The van der Waals surface area contributed by atoms with Crippen LogP contribution in [0.3, 0.4) is 0 Å². The second-order valence-electron chi connectivity index (χ2n) is 3.79. The molecule has 1 aromatic rings. The summed E-state index contributed by atoms with van der Waals surface area (Å²) >= 11 is 0. The molecule has 0 radical (unpaired) electrons. The number of aromatic nitrogens is 2. The first-order valence-corrected chi connectivity index (χ1v) is 6.99. The lowest BCUT2D eigenvalue weighted by Gasteiger charge is -2.13. The largest absolute Gasteiger partial charge is 0.481 e. The summed E-state index contributed by atoms with van der Waals surface area (Å²) in [7, 11) is -1.57. The number of hydrogen-bond acceptors (Lipinski definition) is 7. The summed E-state index contributed by atoms with van der Waals surface area (Å²) < 4.78 is 27.1. The maximum atomic E-state index is 11.1. The van der Waals surface area contributed by atoms with Gasteiger partial charge in [0.2, 0.25) is 11.8 Å². The van der Waals surface area contributed by atoms with E-state index in [0.29, 0.717) is 11.7 Å². The number of nitrogens with zero attached hydrogens (tertiary/aromatic N) is 2. The summed E-state index contributed by atoms with van der Waals surface area (Å²) in [4.78, 5) is 7.75. The van der Waals surface area contributed by atoms with Gasteiger partial charge in [-0.05, 0) is 6.92 Å². The van der Waals surface area contributed by atoms with Gasteiger partial charge in [-0.2, -0.15) is 9.97 Å². The fourth-order valence-corrected chi connectivity index (χ4v) is 2.36. The van der Waals surface area contributed by atoms with E-state index in [1.165, 1.54) is 13.4 Å². The van der Waals surface area contributed by atoms with Gasteiger partial charge < -0.3 is 15.8 Å². The smallest absolute Gasteiger partial charge is 0.225 e. The first kappa shape index (κ1) is 13.5. The molecule has 8 heteroatoms. The SMILES string of the molecule is COc1cc(NC(C)CS(C)(=O)=O)nc(N)n1. The zero-order valence-electron chi connectivity index (χ0n) is 9.97. The number of sulfone groups is 1. The van der Waals surface area contributed by atoms with Crippen molar-refractivity contribution in [3.63, 3.8) is 0 Å². The van der Waals surface area contributed by atoms with Crippen molar-refractivity contribution in [1.29, 1.82) is 0 Å². The van der Waals surface area contributed by atoms with Crippen molar-refractivity contribution >= 4 is 21.6 Å². The normalized spacial score (nSPS) is 13.1. The van der Waals surface area contributed by atoms with E-state index in [1.807, 2.05) is 0 Å². The predicted molar refractivity (Wildman–Crippen MR) is 65.8 cm³/mol. The van der Waals surface area contributed by atoms with Gasteiger partial charge in [0.05, 0.1) is 12.9 Å². The summed E-state index contributed by atoms with van der Waals surface area (Å²) in [5, 5.41) is 2.92. The molecule has 0 aliphatic rings. The highest BCUT2D eigenvalue weighted by molar-refractivity contribution is 7.90. The molecule has 0 saturated heterocycles. The quantitative estimate of drug-likeness (QED) is 0.761. The van der Waals surface area contributed by atoms with Gasteiger partial charge in [-0.25, -0.2) is 8.42 Å². The van der Waals surface area contributed by atoms with Gasteiger partial charge in [0, 0.05) is 18.4 Å². The van der Waals surface area contributed by atoms with E-state index in [-0.39, 0.29) is 17.7 Å². The van der Waals surface area contributed by atoms with Crippen molar-refractivity contribution in [2.24, 2.45) is 0 Å². The van der Waals surface area contributed by atoms with Crippen LogP contribution in [0.2, 0.25) is 0 Å². The van der Waals surface area contributed by atoms with Crippen LogP contribution in [0, 0.1) is 0 Å². The van der Waals surface area contributed by atoms with Crippen LogP contribution >= 0.6 is 0 Å². The minimum atomic E-state index is -3.04. The van der Waals surface area contributed by atoms with Crippen LogP contribution in [0.1, 0.15) is 6.92 Å². The highest BCUT2D eigenvalue weighted by Crippen LogP contribution is 2.14. The zero-order chi connectivity index (χ0) is 13.1. The van der Waals surface area contributed by atoms with Crippen LogP contribution in [-0.2, 0) is 9.84 Å². The van der Waals surface area contributed by atoms with Gasteiger partial charge in [0.1, 0.15) is 15.7 Å². The standard InChI is InChI=1S/C9H16N4O3S/c1-6(5-17(3,14)15)11-7-4-8(16-2)13-9(10)12-7/h4,6H,5H2,1-3H3,(H3,10,11,12,13). The Hall–Kier alpha value is -1.57. The van der Waals surface area contributed by atoms with Crippen molar-refractivity contribution in [2.45, 2.75) is 13.0 Å². The maximum absolute atomic E-state index is 11.1. The Morgan fingerprint density at radius 3 is 2.71 bits per heavy atom. The average Bonchev–Trinajstić information content (AvgIpc) is 2.13. The third kappa shape index (κ3) is 4.85. The summed E-state index contributed by atoms with van der Waals surface area (Å²) in [6, 6.07) is 1.28. The number of hydrogen-bond donors (Lipinski definition) is 2. The molecule has 1 heterocycles. The van der Waals surface area contributed by atoms with Crippen molar-refractivity contribution < 1.29 is 13.2 Å². The van der Waals surface area contributed by atoms with Crippen molar-refractivity contribution in [3.05, 3.63) is 6.07 Å². The summed E-state index contributed by atoms with van der Waals surface area (Å²) in [5.74, 6) is 0.842. The van der Waals surface area contributed by atoms with Crippen LogP contribution in [0.4, 0.5) is 11.8 Å². The van der Waals surface area contributed by atoms with E-state index in [0.717, 1.165) is 0 Å². The third-order valence-corrected chi connectivity index (χ3v) is 2.98. The number of methoxy groups -OCH3 is 1. The van der Waals surface area contributed by atoms with Gasteiger partial charge in [-0.15, -0.1) is 0 Å². The lowest BCUT2D eigenvalue weighted by Crippen LogP contribution is -2.25. The molecule has 1 rings (SSSR count). The molecule has 1 aromatic heterocycles. The molecule has 0 amide bonds. The average molecular weight is 260 g/mol. The molecule has 0 saturated carbocycles. The number of anilines is 2. The highest BCUT2D eigenvalue weighted by atomic mass is 32.2. The predicted octanol–water partition coefficient (Wildman–Crippen LogP) is -0.0876. The topological polar surface area (TPSA) is 107 Å². The van der Waals surface area contributed by atoms with Crippen LogP contribution < -0.4 is 15.8 Å². The minimum absolute atomic E-state index is 0.0131. The Balaban J connectivity index is 2.77. The lowest BCUT2D eigenvalue weighted by atomic mass is 10.4. The van der Waals surface area contributed by atoms with Crippen LogP contribution in [0.15, 0.2) is 6.07 Å². The fourth-order valence-electron chi connectivity index (χ4n) is 1.37. The van der Waals surface area contributed by atoms with Gasteiger partial charge >= 0.3 is 0 Å². The van der Waals surface area contributed by atoms with Gasteiger partial charge in [0.15, 0.2) is 0 Å². The number of nitrogen functional groups attached to an aromatic ring is 1. The minimum Gasteiger partial charge on any atom is -0.481 e. The second-order valence-corrected chi connectivity index (χ2v) is 5.98. The monoisotopic (exact) mass is 260 g/mol. The van der Waals surface area contributed by atoms with Gasteiger partial charge in [0.25, 0.3) is 0 Å². The highest BCUT2D eigenvalue weighted by Gasteiger charge is 2.11. The van der Waals surface area contributed by atoms with Crippen LogP contribution in [0.5, 0.6) is 5.88 Å². The third-order valence-electron chi connectivity index (χ3n) is 1.88. The molecule has 17 heavy (non-hydrogen) atoms. The van der Waals surface area contributed by atoms with E-state index in [2.05, 4.69) is 15.3 Å². The van der Waals surface area contributed by atoms with Crippen molar-refractivity contribution in [3.8, 4) is 5.88 Å². The summed E-state index contributed by atoms with van der Waals surface area (Å²) in [6.07, 6.45) is 1.18. The number of rotatable bonds is 5. The molecule has 0 spiro atoms. The molecule has 1 unspecified atom stereocenters. The summed E-state index contributed by atoms with van der Waals surface area (Å²) in [5.41, 5.74) is 5.48. The molecule has 0 aliphatic heterocycles. The number of nitrogens with two attached hydrogens (primary N) is 1. The molecule has 3 N–H and O–H groups in total. The van der Waals surface area contributed by atoms with E-state index in [4.69, 9.17) is 10.5 Å². The van der Waals surface area contributed by atoms with Crippen molar-refractivity contribution in [2.75, 3.05) is 30.2 Å². The Morgan fingerprint density at radius 1 is 1.53 bits per heavy atom. The summed E-state index contributed by atoms with van der Waals surface area (Å²) in [6.45, 7) is 1.74. The molecular formula is C9H16N4O3S. The fraction of sp³-hybridized carbons (Fsp3) is 0.556. The van der Waals surface area contributed by atoms with Crippen molar-refractivity contribution in [1.82, 2.24) is 9.97 Å². The van der Waals surface area contributed by atoms with Crippen LogP contribution in [0.25, 0.3) is 0 Å². The van der Waals surface area contributed by atoms with Gasteiger partial charge in [-0.3, -0.25) is 0 Å². The Morgan fingerprint density at radius 2 is 2.18 bits per heavy atom. The first-order chi connectivity index (χ1) is 7.80. The molecule has 96 valence electrons. The molecule has 0 bridgehead atoms. The molecule has 1 atom stereocenters. The molecule has 0 aliphatic carbocycles. The molecule has 0 fully saturated rings. The van der Waals surface area contributed by atoms with Gasteiger partial charge in [-0.1, -0.05) is 0 Å². The van der Waals surface area contributed by atoms with E-state index in [9.17, 15) is 8.42 Å². The molecule has 7 nitrogen and oxygen atoms in total. The van der Waals surface area contributed by atoms with E-state index < -0.39 is 9.84 Å². The van der Waals surface area contributed by atoms with Crippen LogP contribution in [-0.4, -0.2) is 43.5 Å². The maximum Gasteiger partial charge on any atom is 0.225 e. The Labute approximate surface area is 100 Å². The Kier molecular flexibility index (Phi) is 4.11. The Bertz CT molecular complexity index is 489. The number of nitrogens with one attached hydrogen (secondary N) is 1. The lowest BCUT2D eigenvalue weighted by molar-refractivity contribution is 0.398. The van der Waals surface area contributed by atoms with E-state index >= 15 is 0 Å². The van der Waals surface area contributed by atoms with E-state index in [1.54, 1.807) is 13.0 Å². The zero-order valence-corrected chi connectivity index (χ0v) is 10.8. The molecule has 0 aromatic carbocycles. The number of ether oxygens (including phenoxy) is 1. The first-order valence-electron chi connectivity index (χ1n) is 4.93. The molecular weight excluding hydrogens is 244 g/mol. The second kappa shape index (κ2) is 5.17.